The van der Waals surface area contributed by atoms with Crippen LogP contribution in [0.25, 0.3) is 0 Å². The molecule has 0 unspecified atom stereocenters. The molecular weight excluding hydrogens is 382 g/mol. The molecule has 2 aromatic carbocycles. The molecule has 0 saturated heterocycles. The summed E-state index contributed by atoms with van der Waals surface area (Å²) in [6, 6.07) is 11.9. The van der Waals surface area contributed by atoms with Crippen LogP contribution >= 0.6 is 11.3 Å². The van der Waals surface area contributed by atoms with Crippen LogP contribution in [-0.4, -0.2) is 23.3 Å². The van der Waals surface area contributed by atoms with E-state index in [1.165, 1.54) is 11.3 Å². The van der Waals surface area contributed by atoms with Crippen molar-refractivity contribution < 1.29 is 18.4 Å². The molecule has 3 aromatic rings. The minimum atomic E-state index is -0.914. The average molecular weight is 398 g/mol. The van der Waals surface area contributed by atoms with E-state index in [2.05, 4.69) is 5.32 Å². The Morgan fingerprint density at radius 2 is 1.89 bits per heavy atom. The fourth-order valence-electron chi connectivity index (χ4n) is 3.24. The summed E-state index contributed by atoms with van der Waals surface area (Å²) in [5.74, 6) is -2.32. The first kappa shape index (κ1) is 18.3. The Balaban J connectivity index is 1.51. The fraction of sp³-hybridized carbons (Fsp3) is 0.143. The monoisotopic (exact) mass is 398 g/mol. The largest absolute Gasteiger partial charge is 0.333 e. The first-order chi connectivity index (χ1) is 13.5. The second-order valence-corrected chi connectivity index (χ2v) is 7.46. The van der Waals surface area contributed by atoms with Gasteiger partial charge in [0.05, 0.1) is 10.4 Å². The lowest BCUT2D eigenvalue weighted by Gasteiger charge is -2.29. The van der Waals surface area contributed by atoms with Gasteiger partial charge in [-0.2, -0.15) is 0 Å². The normalized spacial score (nSPS) is 13.1. The third-order valence-electron chi connectivity index (χ3n) is 4.67. The molecule has 7 heteroatoms. The number of rotatable bonds is 3. The van der Waals surface area contributed by atoms with E-state index >= 15 is 0 Å². The lowest BCUT2D eigenvalue weighted by atomic mass is 9.98. The van der Waals surface area contributed by atoms with Gasteiger partial charge in [0.2, 0.25) is 0 Å². The third-order valence-corrected chi connectivity index (χ3v) is 5.53. The van der Waals surface area contributed by atoms with Crippen LogP contribution in [0, 0.1) is 11.6 Å². The van der Waals surface area contributed by atoms with Gasteiger partial charge in [-0.1, -0.05) is 12.1 Å². The summed E-state index contributed by atoms with van der Waals surface area (Å²) < 4.78 is 26.8. The molecule has 0 spiro atoms. The minimum Gasteiger partial charge on any atom is -0.333 e. The summed E-state index contributed by atoms with van der Waals surface area (Å²) in [5, 5.41) is 4.51. The van der Waals surface area contributed by atoms with Gasteiger partial charge in [0.25, 0.3) is 11.8 Å². The molecule has 142 valence electrons. The number of fused-ring (bicyclic) bond motifs is 1. The lowest BCUT2D eigenvalue weighted by molar-refractivity contribution is 0.0739. The first-order valence-electron chi connectivity index (χ1n) is 8.72. The zero-order valence-corrected chi connectivity index (χ0v) is 15.6. The molecular formula is C21H16F2N2O2S. The molecule has 0 fully saturated rings. The van der Waals surface area contributed by atoms with Crippen LogP contribution in [0.1, 0.15) is 31.2 Å². The Labute approximate surface area is 164 Å². The SMILES string of the molecule is O=C(Nc1ccc2c(c1)CN(C(=O)c1cccs1)CC2)c1ccc(F)cc1F. The second-order valence-electron chi connectivity index (χ2n) is 6.52. The van der Waals surface area contributed by atoms with E-state index in [1.807, 2.05) is 17.5 Å². The molecule has 0 aliphatic carbocycles. The van der Waals surface area contributed by atoms with Crippen molar-refractivity contribution in [2.75, 3.05) is 11.9 Å². The molecule has 4 rings (SSSR count). The van der Waals surface area contributed by atoms with E-state index in [1.54, 1.807) is 23.1 Å². The predicted molar refractivity (Wildman–Crippen MR) is 104 cm³/mol. The number of nitrogens with zero attached hydrogens (tertiary/aromatic N) is 1. The Morgan fingerprint density at radius 3 is 2.64 bits per heavy atom. The third kappa shape index (κ3) is 3.66. The highest BCUT2D eigenvalue weighted by molar-refractivity contribution is 7.12. The van der Waals surface area contributed by atoms with Crippen molar-refractivity contribution in [3.63, 3.8) is 0 Å². The number of hydrogen-bond donors (Lipinski definition) is 1. The number of thiophene rings is 1. The van der Waals surface area contributed by atoms with Crippen LogP contribution in [0.15, 0.2) is 53.9 Å². The number of amides is 2. The van der Waals surface area contributed by atoms with Crippen LogP contribution in [0.2, 0.25) is 0 Å². The Morgan fingerprint density at radius 1 is 1.04 bits per heavy atom. The van der Waals surface area contributed by atoms with E-state index in [4.69, 9.17) is 0 Å². The maximum absolute atomic E-state index is 13.8. The second kappa shape index (κ2) is 7.52. The maximum Gasteiger partial charge on any atom is 0.264 e. The van der Waals surface area contributed by atoms with Crippen LogP contribution in [-0.2, 0) is 13.0 Å². The molecule has 4 nitrogen and oxygen atoms in total. The Bertz CT molecular complexity index is 1050. The molecule has 0 bridgehead atoms. The van der Waals surface area contributed by atoms with Crippen molar-refractivity contribution in [1.82, 2.24) is 4.90 Å². The summed E-state index contributed by atoms with van der Waals surface area (Å²) in [6.45, 7) is 1.08. The molecule has 0 radical (unpaired) electrons. The van der Waals surface area contributed by atoms with E-state index in [0.29, 0.717) is 29.7 Å². The molecule has 2 heterocycles. The van der Waals surface area contributed by atoms with Crippen molar-refractivity contribution in [3.8, 4) is 0 Å². The molecule has 0 atom stereocenters. The van der Waals surface area contributed by atoms with Crippen LogP contribution in [0.5, 0.6) is 0 Å². The number of hydrogen-bond acceptors (Lipinski definition) is 3. The number of anilines is 1. The van der Waals surface area contributed by atoms with Crippen molar-refractivity contribution in [2.24, 2.45) is 0 Å². The number of carbonyl (C=O) groups is 2. The molecule has 1 aliphatic rings. The summed E-state index contributed by atoms with van der Waals surface area (Å²) in [4.78, 5) is 27.4. The first-order valence-corrected chi connectivity index (χ1v) is 9.60. The van der Waals surface area contributed by atoms with Gasteiger partial charge in [-0.25, -0.2) is 8.78 Å². The van der Waals surface area contributed by atoms with Gasteiger partial charge in [-0.05, 0) is 53.3 Å². The van der Waals surface area contributed by atoms with Gasteiger partial charge in [-0.3, -0.25) is 9.59 Å². The number of benzene rings is 2. The quantitative estimate of drug-likeness (QED) is 0.707. The average Bonchev–Trinajstić information content (AvgIpc) is 3.21. The van der Waals surface area contributed by atoms with Crippen LogP contribution < -0.4 is 5.32 Å². The molecule has 28 heavy (non-hydrogen) atoms. The highest BCUT2D eigenvalue weighted by atomic mass is 32.1. The highest BCUT2D eigenvalue weighted by Gasteiger charge is 2.23. The number of nitrogens with one attached hydrogen (secondary N) is 1. The fourth-order valence-corrected chi connectivity index (χ4v) is 3.93. The van der Waals surface area contributed by atoms with Gasteiger partial charge < -0.3 is 10.2 Å². The zero-order chi connectivity index (χ0) is 19.7. The van der Waals surface area contributed by atoms with Gasteiger partial charge in [0, 0.05) is 24.8 Å². The Hall–Kier alpha value is -3.06. The maximum atomic E-state index is 13.8. The molecule has 1 aromatic heterocycles. The molecule has 1 aliphatic heterocycles. The Kier molecular flexibility index (Phi) is 4.92. The van der Waals surface area contributed by atoms with E-state index < -0.39 is 17.5 Å². The predicted octanol–water partition coefficient (Wildman–Crippen LogP) is 4.48. The number of halogens is 2. The lowest BCUT2D eigenvalue weighted by Crippen LogP contribution is -2.35. The molecule has 2 amide bonds. The summed E-state index contributed by atoms with van der Waals surface area (Å²) in [6.07, 6.45) is 0.729. The van der Waals surface area contributed by atoms with Gasteiger partial charge in [0.1, 0.15) is 11.6 Å². The summed E-state index contributed by atoms with van der Waals surface area (Å²) in [7, 11) is 0. The summed E-state index contributed by atoms with van der Waals surface area (Å²) >= 11 is 1.41. The van der Waals surface area contributed by atoms with Crippen molar-refractivity contribution in [3.05, 3.63) is 87.1 Å². The standard InChI is InChI=1S/C21H16F2N2O2S/c22-15-4-6-17(18(23)11-15)20(26)24-16-5-3-13-7-8-25(12-14(13)10-16)21(27)19-2-1-9-28-19/h1-6,9-11H,7-8,12H2,(H,24,26). The smallest absolute Gasteiger partial charge is 0.264 e. The highest BCUT2D eigenvalue weighted by Crippen LogP contribution is 2.25. The van der Waals surface area contributed by atoms with E-state index in [9.17, 15) is 18.4 Å². The van der Waals surface area contributed by atoms with Crippen LogP contribution in [0.3, 0.4) is 0 Å². The van der Waals surface area contributed by atoms with Crippen molar-refractivity contribution in [2.45, 2.75) is 13.0 Å². The van der Waals surface area contributed by atoms with Crippen molar-refractivity contribution >= 4 is 28.8 Å². The molecule has 0 saturated carbocycles. The van der Waals surface area contributed by atoms with E-state index in [0.717, 1.165) is 29.7 Å². The van der Waals surface area contributed by atoms with Crippen molar-refractivity contribution in [1.29, 1.82) is 0 Å². The zero-order valence-electron chi connectivity index (χ0n) is 14.7. The van der Waals surface area contributed by atoms with Gasteiger partial charge in [-0.15, -0.1) is 11.3 Å². The minimum absolute atomic E-state index is 0.0107. The van der Waals surface area contributed by atoms with Gasteiger partial charge in [0.15, 0.2) is 0 Å². The topological polar surface area (TPSA) is 49.4 Å². The van der Waals surface area contributed by atoms with Gasteiger partial charge >= 0.3 is 0 Å². The van der Waals surface area contributed by atoms with Crippen LogP contribution in [0.4, 0.5) is 14.5 Å². The molecule has 1 N–H and O–H groups in total. The number of carbonyl (C=O) groups excluding carboxylic acids is 2. The van der Waals surface area contributed by atoms with E-state index in [-0.39, 0.29) is 11.5 Å². The summed E-state index contributed by atoms with van der Waals surface area (Å²) in [5.41, 5.74) is 2.32.